The minimum Gasteiger partial charge on any atom is -0.393 e. The van der Waals surface area contributed by atoms with Gasteiger partial charge in [0.1, 0.15) is 0 Å². The molecule has 1 N–H and O–H groups in total. The molecule has 1 heterocycles. The molecule has 0 spiro atoms. The zero-order chi connectivity index (χ0) is 14.7. The smallest absolute Gasteiger partial charge is 0.241 e. The summed E-state index contributed by atoms with van der Waals surface area (Å²) in [6.45, 7) is 1.48. The van der Waals surface area contributed by atoms with Crippen molar-refractivity contribution in [1.29, 1.82) is 0 Å². The van der Waals surface area contributed by atoms with Crippen molar-refractivity contribution in [3.8, 4) is 11.4 Å². The first-order valence-corrected chi connectivity index (χ1v) is 7.47. The number of rotatable bonds is 5. The first-order valence-electron chi connectivity index (χ1n) is 7.47. The number of aliphatic hydroxyl groups is 1. The number of hydrogen-bond donors (Lipinski definition) is 1. The monoisotopic (exact) mass is 287 g/mol. The predicted molar refractivity (Wildman–Crippen MR) is 79.4 cm³/mol. The van der Waals surface area contributed by atoms with Gasteiger partial charge in [0.25, 0.3) is 0 Å². The normalized spacial score (nSPS) is 22.0. The highest BCUT2D eigenvalue weighted by Gasteiger charge is 2.26. The average molecular weight is 287 g/mol. The molecule has 112 valence electrons. The Labute approximate surface area is 124 Å². The zero-order valence-corrected chi connectivity index (χ0v) is 12.3. The molecule has 1 aliphatic carbocycles. The molecule has 0 aliphatic heterocycles. The van der Waals surface area contributed by atoms with Gasteiger partial charge in [0, 0.05) is 12.1 Å². The third-order valence-electron chi connectivity index (χ3n) is 4.07. The second-order valence-corrected chi connectivity index (χ2v) is 5.83. The van der Waals surface area contributed by atoms with E-state index in [4.69, 9.17) is 4.52 Å². The van der Waals surface area contributed by atoms with Crippen LogP contribution in [0.15, 0.2) is 34.9 Å². The molecule has 2 unspecified atom stereocenters. The Balaban J connectivity index is 1.59. The Morgan fingerprint density at radius 3 is 2.81 bits per heavy atom. The summed E-state index contributed by atoms with van der Waals surface area (Å²) >= 11 is 0. The van der Waals surface area contributed by atoms with E-state index in [1.165, 1.54) is 0 Å². The van der Waals surface area contributed by atoms with E-state index < -0.39 is 0 Å². The van der Waals surface area contributed by atoms with Crippen molar-refractivity contribution in [2.75, 3.05) is 13.6 Å². The SMILES string of the molecule is CN(Cc1nc(-c2ccccc2)no1)CC1CCCC1O. The average Bonchev–Trinajstić information content (AvgIpc) is 3.10. The Morgan fingerprint density at radius 2 is 2.10 bits per heavy atom. The molecular weight excluding hydrogens is 266 g/mol. The zero-order valence-electron chi connectivity index (χ0n) is 12.3. The Hall–Kier alpha value is -1.72. The molecule has 2 aromatic rings. The van der Waals surface area contributed by atoms with E-state index in [2.05, 4.69) is 15.0 Å². The van der Waals surface area contributed by atoms with Gasteiger partial charge in [0.2, 0.25) is 11.7 Å². The molecule has 1 aromatic carbocycles. The maximum absolute atomic E-state index is 9.88. The van der Waals surface area contributed by atoms with Crippen molar-refractivity contribution in [2.45, 2.75) is 31.9 Å². The van der Waals surface area contributed by atoms with Crippen LogP contribution in [0.4, 0.5) is 0 Å². The molecule has 1 fully saturated rings. The van der Waals surface area contributed by atoms with Gasteiger partial charge in [-0.25, -0.2) is 0 Å². The van der Waals surface area contributed by atoms with Crippen molar-refractivity contribution in [1.82, 2.24) is 15.0 Å². The third kappa shape index (κ3) is 3.49. The van der Waals surface area contributed by atoms with Crippen LogP contribution in [0.25, 0.3) is 11.4 Å². The fourth-order valence-corrected chi connectivity index (χ4v) is 2.95. The molecule has 5 nitrogen and oxygen atoms in total. The van der Waals surface area contributed by atoms with E-state index >= 15 is 0 Å². The molecule has 0 bridgehead atoms. The summed E-state index contributed by atoms with van der Waals surface area (Å²) in [6, 6.07) is 9.81. The Kier molecular flexibility index (Phi) is 4.31. The Bertz CT molecular complexity index is 570. The van der Waals surface area contributed by atoms with Crippen LogP contribution in [-0.2, 0) is 6.54 Å². The van der Waals surface area contributed by atoms with Gasteiger partial charge < -0.3 is 9.63 Å². The van der Waals surface area contributed by atoms with E-state index in [0.29, 0.717) is 24.2 Å². The van der Waals surface area contributed by atoms with Crippen molar-refractivity contribution in [3.05, 3.63) is 36.2 Å². The molecule has 0 amide bonds. The number of hydrogen-bond acceptors (Lipinski definition) is 5. The maximum Gasteiger partial charge on any atom is 0.241 e. The van der Waals surface area contributed by atoms with Crippen LogP contribution in [0.5, 0.6) is 0 Å². The molecule has 21 heavy (non-hydrogen) atoms. The van der Waals surface area contributed by atoms with E-state index in [1.807, 2.05) is 37.4 Å². The van der Waals surface area contributed by atoms with Gasteiger partial charge in [0.15, 0.2) is 0 Å². The van der Waals surface area contributed by atoms with Crippen LogP contribution in [-0.4, -0.2) is 39.8 Å². The Morgan fingerprint density at radius 1 is 1.29 bits per heavy atom. The summed E-state index contributed by atoms with van der Waals surface area (Å²) in [4.78, 5) is 6.57. The first kappa shape index (κ1) is 14.2. The van der Waals surface area contributed by atoms with E-state index in [1.54, 1.807) is 0 Å². The van der Waals surface area contributed by atoms with Gasteiger partial charge >= 0.3 is 0 Å². The number of benzene rings is 1. The largest absolute Gasteiger partial charge is 0.393 e. The molecule has 1 aliphatic rings. The maximum atomic E-state index is 9.88. The highest BCUT2D eigenvalue weighted by Crippen LogP contribution is 2.26. The quantitative estimate of drug-likeness (QED) is 0.914. The van der Waals surface area contributed by atoms with E-state index in [9.17, 15) is 5.11 Å². The van der Waals surface area contributed by atoms with E-state index in [-0.39, 0.29) is 6.10 Å². The van der Waals surface area contributed by atoms with Crippen LogP contribution in [0, 0.1) is 5.92 Å². The molecule has 5 heteroatoms. The highest BCUT2D eigenvalue weighted by molar-refractivity contribution is 5.53. The van der Waals surface area contributed by atoms with Gasteiger partial charge in [-0.1, -0.05) is 41.9 Å². The fourth-order valence-electron chi connectivity index (χ4n) is 2.95. The van der Waals surface area contributed by atoms with Gasteiger partial charge in [0.05, 0.1) is 12.6 Å². The third-order valence-corrected chi connectivity index (χ3v) is 4.07. The number of nitrogens with zero attached hydrogens (tertiary/aromatic N) is 3. The van der Waals surface area contributed by atoms with Gasteiger partial charge in [-0.15, -0.1) is 0 Å². The van der Waals surface area contributed by atoms with Crippen molar-refractivity contribution < 1.29 is 9.63 Å². The first-order chi connectivity index (χ1) is 10.2. The summed E-state index contributed by atoms with van der Waals surface area (Å²) in [5.41, 5.74) is 0.960. The highest BCUT2D eigenvalue weighted by atomic mass is 16.5. The summed E-state index contributed by atoms with van der Waals surface area (Å²) in [5.74, 6) is 1.61. The second-order valence-electron chi connectivity index (χ2n) is 5.83. The lowest BCUT2D eigenvalue weighted by molar-refractivity contribution is 0.104. The second kappa shape index (κ2) is 6.37. The molecule has 2 atom stereocenters. The van der Waals surface area contributed by atoms with Crippen LogP contribution in [0.1, 0.15) is 25.2 Å². The minimum absolute atomic E-state index is 0.157. The standard InChI is InChI=1S/C16H21N3O2/c1-19(10-13-8-5-9-14(13)20)11-15-17-16(18-21-15)12-6-3-2-4-7-12/h2-4,6-7,13-14,20H,5,8-11H2,1H3. The fraction of sp³-hybridized carbons (Fsp3) is 0.500. The summed E-state index contributed by atoms with van der Waals surface area (Å²) in [7, 11) is 2.03. The molecule has 3 rings (SSSR count). The lowest BCUT2D eigenvalue weighted by atomic mass is 10.1. The van der Waals surface area contributed by atoms with Crippen LogP contribution in [0.3, 0.4) is 0 Å². The summed E-state index contributed by atoms with van der Waals surface area (Å²) in [6.07, 6.45) is 3.00. The van der Waals surface area contributed by atoms with Crippen LogP contribution >= 0.6 is 0 Å². The number of aliphatic hydroxyl groups excluding tert-OH is 1. The predicted octanol–water partition coefficient (Wildman–Crippen LogP) is 2.33. The molecule has 0 saturated heterocycles. The van der Waals surface area contributed by atoms with Gasteiger partial charge in [-0.2, -0.15) is 4.98 Å². The van der Waals surface area contributed by atoms with Crippen molar-refractivity contribution in [2.24, 2.45) is 5.92 Å². The van der Waals surface area contributed by atoms with E-state index in [0.717, 1.165) is 31.4 Å². The molecule has 1 saturated carbocycles. The summed E-state index contributed by atoms with van der Waals surface area (Å²) < 4.78 is 5.32. The number of aromatic nitrogens is 2. The minimum atomic E-state index is -0.157. The molecule has 0 radical (unpaired) electrons. The van der Waals surface area contributed by atoms with Crippen molar-refractivity contribution in [3.63, 3.8) is 0 Å². The van der Waals surface area contributed by atoms with Gasteiger partial charge in [-0.05, 0) is 25.8 Å². The molecule has 1 aromatic heterocycles. The van der Waals surface area contributed by atoms with Crippen molar-refractivity contribution >= 4 is 0 Å². The topological polar surface area (TPSA) is 62.4 Å². The van der Waals surface area contributed by atoms with Gasteiger partial charge in [-0.3, -0.25) is 4.90 Å². The molecular formula is C16H21N3O2. The van der Waals surface area contributed by atoms with Crippen LogP contribution in [0.2, 0.25) is 0 Å². The summed E-state index contributed by atoms with van der Waals surface area (Å²) in [5, 5.41) is 13.9. The lowest BCUT2D eigenvalue weighted by Crippen LogP contribution is -2.29. The van der Waals surface area contributed by atoms with Crippen LogP contribution < -0.4 is 0 Å². The lowest BCUT2D eigenvalue weighted by Gasteiger charge is -2.21.